The smallest absolute Gasteiger partial charge is 0.303 e. The van der Waals surface area contributed by atoms with Crippen molar-refractivity contribution in [3.05, 3.63) is 41.5 Å². The first-order valence-corrected chi connectivity index (χ1v) is 7.19. The summed E-state index contributed by atoms with van der Waals surface area (Å²) in [5.41, 5.74) is 2.23. The summed E-state index contributed by atoms with van der Waals surface area (Å²) >= 11 is 0. The van der Waals surface area contributed by atoms with E-state index in [0.29, 0.717) is 12.3 Å². The lowest BCUT2D eigenvalue weighted by Gasteiger charge is -2.10. The Morgan fingerprint density at radius 1 is 1.19 bits per heavy atom. The fraction of sp³-hybridized carbons (Fsp3) is 0.412. The van der Waals surface area contributed by atoms with Crippen LogP contribution in [-0.2, 0) is 9.59 Å². The molecule has 1 aromatic rings. The van der Waals surface area contributed by atoms with E-state index in [2.05, 4.69) is 31.3 Å². The highest BCUT2D eigenvalue weighted by Gasteiger charge is 2.07. The Morgan fingerprint density at radius 3 is 2.33 bits per heavy atom. The minimum Gasteiger partial charge on any atom is -0.481 e. The maximum atomic E-state index is 11.7. The lowest BCUT2D eigenvalue weighted by Crippen LogP contribution is -2.31. The van der Waals surface area contributed by atoms with Gasteiger partial charge < -0.3 is 10.4 Å². The monoisotopic (exact) mass is 289 g/mol. The number of carbonyl (C=O) groups excluding carboxylic acids is 1. The van der Waals surface area contributed by atoms with E-state index in [1.165, 1.54) is 11.6 Å². The third kappa shape index (κ3) is 6.75. The van der Waals surface area contributed by atoms with Crippen molar-refractivity contribution in [1.29, 1.82) is 0 Å². The van der Waals surface area contributed by atoms with Gasteiger partial charge in [-0.05, 0) is 36.5 Å². The standard InChI is InChI=1S/C17H23NO3/c1-12(2)15-8-5-14(6-9-15)7-10-16(19)18-13(3)4-11-17(20)21/h5-10,12-13H,4,11H2,1-3H3,(H,18,19)(H,20,21). The molecule has 21 heavy (non-hydrogen) atoms. The Labute approximate surface area is 125 Å². The molecule has 4 nitrogen and oxygen atoms in total. The average molecular weight is 289 g/mol. The Hall–Kier alpha value is -2.10. The highest BCUT2D eigenvalue weighted by Crippen LogP contribution is 2.15. The minimum atomic E-state index is -0.850. The van der Waals surface area contributed by atoms with Crippen molar-refractivity contribution in [3.63, 3.8) is 0 Å². The van der Waals surface area contributed by atoms with Crippen LogP contribution in [0.4, 0.5) is 0 Å². The van der Waals surface area contributed by atoms with Crippen molar-refractivity contribution < 1.29 is 14.7 Å². The number of aliphatic carboxylic acids is 1. The molecule has 0 saturated carbocycles. The van der Waals surface area contributed by atoms with Gasteiger partial charge in [-0.3, -0.25) is 9.59 Å². The summed E-state index contributed by atoms with van der Waals surface area (Å²) in [6, 6.07) is 7.91. The van der Waals surface area contributed by atoms with Crippen molar-refractivity contribution in [1.82, 2.24) is 5.32 Å². The van der Waals surface area contributed by atoms with Crippen molar-refractivity contribution >= 4 is 18.0 Å². The molecule has 0 aliphatic rings. The third-order valence-electron chi connectivity index (χ3n) is 3.21. The summed E-state index contributed by atoms with van der Waals surface area (Å²) < 4.78 is 0. The van der Waals surface area contributed by atoms with E-state index < -0.39 is 5.97 Å². The van der Waals surface area contributed by atoms with Gasteiger partial charge in [0, 0.05) is 18.5 Å². The van der Waals surface area contributed by atoms with Gasteiger partial charge in [0.05, 0.1) is 0 Å². The molecule has 2 N–H and O–H groups in total. The molecule has 0 saturated heterocycles. The van der Waals surface area contributed by atoms with E-state index >= 15 is 0 Å². The van der Waals surface area contributed by atoms with Gasteiger partial charge in [0.1, 0.15) is 0 Å². The SMILES string of the molecule is CC(CCC(=O)O)NC(=O)C=Cc1ccc(C(C)C)cc1. The van der Waals surface area contributed by atoms with E-state index in [0.717, 1.165) is 5.56 Å². The summed E-state index contributed by atoms with van der Waals surface area (Å²) in [5, 5.41) is 11.3. The number of hydrogen-bond acceptors (Lipinski definition) is 2. The molecule has 0 aromatic heterocycles. The first kappa shape index (κ1) is 17.0. The van der Waals surface area contributed by atoms with Crippen LogP contribution < -0.4 is 5.32 Å². The molecule has 114 valence electrons. The van der Waals surface area contributed by atoms with Gasteiger partial charge >= 0.3 is 5.97 Å². The van der Waals surface area contributed by atoms with E-state index in [1.54, 1.807) is 13.0 Å². The van der Waals surface area contributed by atoms with E-state index in [4.69, 9.17) is 5.11 Å². The second kappa shape index (κ2) is 8.25. The van der Waals surface area contributed by atoms with Crippen molar-refractivity contribution in [3.8, 4) is 0 Å². The van der Waals surface area contributed by atoms with Gasteiger partial charge in [0.25, 0.3) is 0 Å². The van der Waals surface area contributed by atoms with Crippen LogP contribution in [0.3, 0.4) is 0 Å². The van der Waals surface area contributed by atoms with Crippen LogP contribution >= 0.6 is 0 Å². The van der Waals surface area contributed by atoms with Gasteiger partial charge in [0.2, 0.25) is 5.91 Å². The van der Waals surface area contributed by atoms with Gasteiger partial charge in [-0.2, -0.15) is 0 Å². The molecular weight excluding hydrogens is 266 g/mol. The summed E-state index contributed by atoms with van der Waals surface area (Å²) in [4.78, 5) is 22.2. The Bertz CT molecular complexity index is 503. The molecular formula is C17H23NO3. The van der Waals surface area contributed by atoms with Crippen LogP contribution in [0, 0.1) is 0 Å². The van der Waals surface area contributed by atoms with Crippen LogP contribution in [0.2, 0.25) is 0 Å². The molecule has 1 rings (SSSR count). The van der Waals surface area contributed by atoms with Crippen LogP contribution in [-0.4, -0.2) is 23.0 Å². The summed E-state index contributed by atoms with van der Waals surface area (Å²) in [5.74, 6) is -0.570. The fourth-order valence-corrected chi connectivity index (χ4v) is 1.87. The number of carboxylic acid groups (broad SMARTS) is 1. The zero-order chi connectivity index (χ0) is 15.8. The first-order chi connectivity index (χ1) is 9.88. The molecule has 0 aliphatic carbocycles. The molecule has 1 atom stereocenters. The zero-order valence-electron chi connectivity index (χ0n) is 12.8. The van der Waals surface area contributed by atoms with Crippen molar-refractivity contribution in [2.75, 3.05) is 0 Å². The zero-order valence-corrected chi connectivity index (χ0v) is 12.8. The normalized spacial score (nSPS) is 12.6. The Morgan fingerprint density at radius 2 is 1.81 bits per heavy atom. The number of carboxylic acids is 1. The number of nitrogens with one attached hydrogen (secondary N) is 1. The molecule has 0 radical (unpaired) electrons. The van der Waals surface area contributed by atoms with E-state index in [-0.39, 0.29) is 18.4 Å². The quantitative estimate of drug-likeness (QED) is 0.758. The molecule has 1 amide bonds. The Kier molecular flexibility index (Phi) is 6.66. The topological polar surface area (TPSA) is 66.4 Å². The third-order valence-corrected chi connectivity index (χ3v) is 3.21. The van der Waals surface area contributed by atoms with Gasteiger partial charge in [-0.15, -0.1) is 0 Å². The molecule has 1 unspecified atom stereocenters. The van der Waals surface area contributed by atoms with Crippen molar-refractivity contribution in [2.45, 2.75) is 45.6 Å². The fourth-order valence-electron chi connectivity index (χ4n) is 1.87. The number of carbonyl (C=O) groups is 2. The summed E-state index contributed by atoms with van der Waals surface area (Å²) in [6.45, 7) is 6.07. The number of hydrogen-bond donors (Lipinski definition) is 2. The maximum Gasteiger partial charge on any atom is 0.303 e. The number of benzene rings is 1. The van der Waals surface area contributed by atoms with Gasteiger partial charge in [-0.25, -0.2) is 0 Å². The highest BCUT2D eigenvalue weighted by molar-refractivity contribution is 5.91. The van der Waals surface area contributed by atoms with Crippen LogP contribution in [0.25, 0.3) is 6.08 Å². The molecule has 0 aliphatic heterocycles. The average Bonchev–Trinajstić information content (AvgIpc) is 2.43. The largest absolute Gasteiger partial charge is 0.481 e. The van der Waals surface area contributed by atoms with Crippen molar-refractivity contribution in [2.24, 2.45) is 0 Å². The minimum absolute atomic E-state index is 0.0574. The van der Waals surface area contributed by atoms with E-state index in [1.807, 2.05) is 12.1 Å². The lowest BCUT2D eigenvalue weighted by atomic mass is 10.0. The van der Waals surface area contributed by atoms with Crippen LogP contribution in [0.5, 0.6) is 0 Å². The predicted octanol–water partition coefficient (Wildman–Crippen LogP) is 3.19. The van der Waals surface area contributed by atoms with Crippen LogP contribution in [0.15, 0.2) is 30.3 Å². The van der Waals surface area contributed by atoms with Gasteiger partial charge in [-0.1, -0.05) is 38.1 Å². The molecule has 0 bridgehead atoms. The summed E-state index contributed by atoms with van der Waals surface area (Å²) in [6.07, 6.45) is 3.71. The highest BCUT2D eigenvalue weighted by atomic mass is 16.4. The first-order valence-electron chi connectivity index (χ1n) is 7.19. The second-order valence-corrected chi connectivity index (χ2v) is 5.50. The predicted molar refractivity (Wildman–Crippen MR) is 84.0 cm³/mol. The molecule has 4 heteroatoms. The molecule has 1 aromatic carbocycles. The molecule has 0 fully saturated rings. The maximum absolute atomic E-state index is 11.7. The lowest BCUT2D eigenvalue weighted by molar-refractivity contribution is -0.137. The number of rotatable bonds is 7. The number of amides is 1. The molecule has 0 spiro atoms. The van der Waals surface area contributed by atoms with Gasteiger partial charge in [0.15, 0.2) is 0 Å². The molecule has 0 heterocycles. The van der Waals surface area contributed by atoms with E-state index in [9.17, 15) is 9.59 Å². The summed E-state index contributed by atoms with van der Waals surface area (Å²) in [7, 11) is 0. The second-order valence-electron chi connectivity index (χ2n) is 5.50. The Balaban J connectivity index is 2.48. The van der Waals surface area contributed by atoms with Crippen LogP contribution in [0.1, 0.15) is 50.7 Å².